The molecule has 0 spiro atoms. The summed E-state index contributed by atoms with van der Waals surface area (Å²) in [4.78, 5) is 11.6. The first-order chi connectivity index (χ1) is 8.31. The van der Waals surface area contributed by atoms with Gasteiger partial charge in [0, 0.05) is 0 Å². The van der Waals surface area contributed by atoms with Gasteiger partial charge in [0.05, 0.1) is 12.5 Å². The lowest BCUT2D eigenvalue weighted by atomic mass is 9.87. The molecular formula is C15H18O2. The number of allylic oxidation sites excluding steroid dienone is 2. The molecule has 2 rings (SSSR count). The molecule has 1 aromatic rings. The molecule has 0 bridgehead atoms. The fourth-order valence-electron chi connectivity index (χ4n) is 2.22. The van der Waals surface area contributed by atoms with Gasteiger partial charge in [0.15, 0.2) is 0 Å². The van der Waals surface area contributed by atoms with E-state index in [2.05, 4.69) is 18.2 Å². The Labute approximate surface area is 102 Å². The maximum absolute atomic E-state index is 11.6. The highest BCUT2D eigenvalue weighted by molar-refractivity contribution is 5.75. The van der Waals surface area contributed by atoms with E-state index in [1.165, 1.54) is 11.1 Å². The summed E-state index contributed by atoms with van der Waals surface area (Å²) in [6.45, 7) is 2.33. The van der Waals surface area contributed by atoms with Gasteiger partial charge in [0.2, 0.25) is 0 Å². The number of hydrogen-bond acceptors (Lipinski definition) is 2. The quantitative estimate of drug-likeness (QED) is 0.743. The molecule has 0 saturated carbocycles. The van der Waals surface area contributed by atoms with Gasteiger partial charge >= 0.3 is 5.97 Å². The molecule has 0 radical (unpaired) electrons. The molecule has 0 fully saturated rings. The Morgan fingerprint density at radius 3 is 2.71 bits per heavy atom. The van der Waals surface area contributed by atoms with Crippen molar-refractivity contribution in [2.75, 3.05) is 6.61 Å². The zero-order valence-electron chi connectivity index (χ0n) is 10.2. The maximum Gasteiger partial charge on any atom is 0.309 e. The van der Waals surface area contributed by atoms with Gasteiger partial charge in [-0.1, -0.05) is 36.4 Å². The molecule has 0 aromatic heterocycles. The van der Waals surface area contributed by atoms with Crippen LogP contribution in [0.5, 0.6) is 0 Å². The summed E-state index contributed by atoms with van der Waals surface area (Å²) < 4.78 is 5.05. The van der Waals surface area contributed by atoms with Crippen molar-refractivity contribution in [1.82, 2.24) is 0 Å². The van der Waals surface area contributed by atoms with E-state index in [0.29, 0.717) is 6.61 Å². The van der Waals surface area contributed by atoms with Gasteiger partial charge in [0.1, 0.15) is 0 Å². The Kier molecular flexibility index (Phi) is 3.97. The molecule has 1 atom stereocenters. The Hall–Kier alpha value is -1.57. The number of carbonyl (C=O) groups is 1. The van der Waals surface area contributed by atoms with Crippen LogP contribution in [0.3, 0.4) is 0 Å². The Morgan fingerprint density at radius 1 is 1.35 bits per heavy atom. The van der Waals surface area contributed by atoms with Crippen LogP contribution in [0.15, 0.2) is 36.4 Å². The Morgan fingerprint density at radius 2 is 2.12 bits per heavy atom. The van der Waals surface area contributed by atoms with Crippen molar-refractivity contribution in [2.45, 2.75) is 26.2 Å². The third-order valence-corrected chi connectivity index (χ3v) is 3.18. The summed E-state index contributed by atoms with van der Waals surface area (Å²) in [6.07, 6.45) is 4.86. The topological polar surface area (TPSA) is 26.3 Å². The van der Waals surface area contributed by atoms with Gasteiger partial charge in [-0.2, -0.15) is 0 Å². The monoisotopic (exact) mass is 230 g/mol. The van der Waals surface area contributed by atoms with Crippen molar-refractivity contribution in [3.05, 3.63) is 42.0 Å². The first-order valence-corrected chi connectivity index (χ1v) is 6.22. The minimum Gasteiger partial charge on any atom is -0.466 e. The van der Waals surface area contributed by atoms with Crippen LogP contribution < -0.4 is 0 Å². The molecular weight excluding hydrogens is 212 g/mol. The van der Waals surface area contributed by atoms with Crippen LogP contribution in [-0.2, 0) is 9.53 Å². The van der Waals surface area contributed by atoms with E-state index in [1.807, 2.05) is 25.1 Å². The van der Waals surface area contributed by atoms with Crippen LogP contribution in [-0.4, -0.2) is 12.6 Å². The number of benzene rings is 1. The first kappa shape index (κ1) is 11.9. The fourth-order valence-corrected chi connectivity index (χ4v) is 2.22. The normalized spacial score (nSPS) is 19.6. The third kappa shape index (κ3) is 2.96. The van der Waals surface area contributed by atoms with Gasteiger partial charge in [-0.3, -0.25) is 4.79 Å². The molecule has 90 valence electrons. The maximum atomic E-state index is 11.6. The van der Waals surface area contributed by atoms with Crippen molar-refractivity contribution in [3.63, 3.8) is 0 Å². The standard InChI is InChI=1S/C15H18O2/c1-2-17-15(16)14-10-8-13(9-11-14)12-6-4-3-5-7-12/h3-8,14H,2,9-11H2,1H3/t14-/m0/s1. The predicted octanol–water partition coefficient (Wildman–Crippen LogP) is 3.43. The highest BCUT2D eigenvalue weighted by Crippen LogP contribution is 2.30. The molecule has 1 aliphatic rings. The molecule has 1 aromatic carbocycles. The second kappa shape index (κ2) is 5.67. The van der Waals surface area contributed by atoms with Crippen LogP contribution in [0.4, 0.5) is 0 Å². The van der Waals surface area contributed by atoms with Crippen LogP contribution in [0, 0.1) is 5.92 Å². The minimum absolute atomic E-state index is 0.0455. The van der Waals surface area contributed by atoms with Crippen LogP contribution in [0.25, 0.3) is 5.57 Å². The molecule has 0 amide bonds. The van der Waals surface area contributed by atoms with Crippen molar-refractivity contribution in [2.24, 2.45) is 5.92 Å². The van der Waals surface area contributed by atoms with Crippen LogP contribution in [0.1, 0.15) is 31.7 Å². The van der Waals surface area contributed by atoms with Crippen LogP contribution >= 0.6 is 0 Å². The average Bonchev–Trinajstić information content (AvgIpc) is 2.40. The van der Waals surface area contributed by atoms with Crippen molar-refractivity contribution < 1.29 is 9.53 Å². The number of ether oxygens (including phenoxy) is 1. The van der Waals surface area contributed by atoms with Crippen molar-refractivity contribution in [3.8, 4) is 0 Å². The highest BCUT2D eigenvalue weighted by atomic mass is 16.5. The SMILES string of the molecule is CCOC(=O)[C@H]1CC=C(c2ccccc2)CC1. The highest BCUT2D eigenvalue weighted by Gasteiger charge is 2.22. The van der Waals surface area contributed by atoms with E-state index in [4.69, 9.17) is 4.74 Å². The van der Waals surface area contributed by atoms with Gasteiger partial charge in [-0.15, -0.1) is 0 Å². The van der Waals surface area contributed by atoms with E-state index < -0.39 is 0 Å². The summed E-state index contributed by atoms with van der Waals surface area (Å²) in [5, 5.41) is 0. The second-order valence-corrected chi connectivity index (χ2v) is 4.32. The number of esters is 1. The lowest BCUT2D eigenvalue weighted by molar-refractivity contribution is -0.148. The Balaban J connectivity index is 2.00. The minimum atomic E-state index is -0.0455. The number of rotatable bonds is 3. The molecule has 0 aliphatic heterocycles. The van der Waals surface area contributed by atoms with E-state index in [-0.39, 0.29) is 11.9 Å². The lowest BCUT2D eigenvalue weighted by Gasteiger charge is -2.20. The third-order valence-electron chi connectivity index (χ3n) is 3.18. The summed E-state index contributed by atoms with van der Waals surface area (Å²) in [5.41, 5.74) is 2.63. The second-order valence-electron chi connectivity index (χ2n) is 4.32. The number of carbonyl (C=O) groups excluding carboxylic acids is 1. The van der Waals surface area contributed by atoms with Crippen molar-refractivity contribution >= 4 is 11.5 Å². The van der Waals surface area contributed by atoms with Gasteiger partial charge in [-0.25, -0.2) is 0 Å². The molecule has 0 unspecified atom stereocenters. The van der Waals surface area contributed by atoms with Gasteiger partial charge in [-0.05, 0) is 37.3 Å². The average molecular weight is 230 g/mol. The zero-order valence-corrected chi connectivity index (χ0v) is 10.2. The van der Waals surface area contributed by atoms with Crippen LogP contribution in [0.2, 0.25) is 0 Å². The van der Waals surface area contributed by atoms with E-state index in [9.17, 15) is 4.79 Å². The molecule has 2 heteroatoms. The lowest BCUT2D eigenvalue weighted by Crippen LogP contribution is -2.19. The summed E-state index contributed by atoms with van der Waals surface area (Å²) in [6, 6.07) is 10.4. The number of hydrogen-bond donors (Lipinski definition) is 0. The summed E-state index contributed by atoms with van der Waals surface area (Å²) in [7, 11) is 0. The molecule has 1 aliphatic carbocycles. The smallest absolute Gasteiger partial charge is 0.309 e. The molecule has 17 heavy (non-hydrogen) atoms. The molecule has 0 heterocycles. The Bertz CT molecular complexity index is 406. The van der Waals surface area contributed by atoms with E-state index in [1.54, 1.807) is 0 Å². The predicted molar refractivity (Wildman–Crippen MR) is 68.4 cm³/mol. The largest absolute Gasteiger partial charge is 0.466 e. The van der Waals surface area contributed by atoms with Gasteiger partial charge in [0.25, 0.3) is 0 Å². The first-order valence-electron chi connectivity index (χ1n) is 6.22. The van der Waals surface area contributed by atoms with E-state index >= 15 is 0 Å². The molecule has 2 nitrogen and oxygen atoms in total. The van der Waals surface area contributed by atoms with Gasteiger partial charge < -0.3 is 4.74 Å². The summed E-state index contributed by atoms with van der Waals surface area (Å²) in [5.74, 6) is 0.0123. The van der Waals surface area contributed by atoms with Crippen molar-refractivity contribution in [1.29, 1.82) is 0 Å². The summed E-state index contributed by atoms with van der Waals surface area (Å²) >= 11 is 0. The zero-order chi connectivity index (χ0) is 12.1. The molecule has 0 N–H and O–H groups in total. The molecule has 0 saturated heterocycles. The fraction of sp³-hybridized carbons (Fsp3) is 0.400. The van der Waals surface area contributed by atoms with E-state index in [0.717, 1.165) is 19.3 Å².